The van der Waals surface area contributed by atoms with Crippen LogP contribution in [0.15, 0.2) is 12.3 Å². The molecule has 2 fully saturated rings. The zero-order valence-corrected chi connectivity index (χ0v) is 9.34. The molecule has 0 aromatic carbocycles. The third-order valence-electron chi connectivity index (χ3n) is 3.87. The Kier molecular flexibility index (Phi) is 2.52. The fourth-order valence-electron chi connectivity index (χ4n) is 3.02. The second-order valence-corrected chi connectivity index (χ2v) is 4.86. The zero-order chi connectivity index (χ0) is 11.0. The Balaban J connectivity index is 1.78. The molecule has 1 aliphatic carbocycles. The monoisotopic (exact) mass is 219 g/mol. The van der Waals surface area contributed by atoms with Gasteiger partial charge in [-0.2, -0.15) is 0 Å². The van der Waals surface area contributed by atoms with Gasteiger partial charge < -0.3 is 10.0 Å². The topological polar surface area (TPSA) is 49.3 Å². The van der Waals surface area contributed by atoms with Gasteiger partial charge >= 0.3 is 0 Å². The summed E-state index contributed by atoms with van der Waals surface area (Å²) in [4.78, 5) is 10.9. The number of fused-ring (bicyclic) bond motifs is 1. The van der Waals surface area contributed by atoms with Crippen molar-refractivity contribution in [2.45, 2.75) is 25.9 Å². The van der Waals surface area contributed by atoms with Crippen LogP contribution in [0.25, 0.3) is 0 Å². The SMILES string of the molecule is OCc1ccnc(N2CC3CCCC3C2)n1. The van der Waals surface area contributed by atoms with Crippen molar-refractivity contribution in [3.05, 3.63) is 18.0 Å². The summed E-state index contributed by atoms with van der Waals surface area (Å²) in [6.45, 7) is 2.19. The van der Waals surface area contributed by atoms with Gasteiger partial charge in [0.05, 0.1) is 12.3 Å². The molecule has 0 bridgehead atoms. The smallest absolute Gasteiger partial charge is 0.225 e. The molecule has 1 aromatic heterocycles. The van der Waals surface area contributed by atoms with Crippen molar-refractivity contribution >= 4 is 5.95 Å². The van der Waals surface area contributed by atoms with Crippen molar-refractivity contribution in [2.75, 3.05) is 18.0 Å². The summed E-state index contributed by atoms with van der Waals surface area (Å²) in [6.07, 6.45) is 5.85. The van der Waals surface area contributed by atoms with Gasteiger partial charge in [0.15, 0.2) is 0 Å². The third kappa shape index (κ3) is 1.67. The Morgan fingerprint density at radius 1 is 1.31 bits per heavy atom. The molecule has 0 radical (unpaired) electrons. The molecule has 1 aliphatic heterocycles. The largest absolute Gasteiger partial charge is 0.390 e. The van der Waals surface area contributed by atoms with Crippen molar-refractivity contribution in [1.29, 1.82) is 0 Å². The highest BCUT2D eigenvalue weighted by Crippen LogP contribution is 2.38. The van der Waals surface area contributed by atoms with Crippen molar-refractivity contribution in [3.8, 4) is 0 Å². The number of hydrogen-bond donors (Lipinski definition) is 1. The predicted molar refractivity (Wildman–Crippen MR) is 61.0 cm³/mol. The molecule has 2 unspecified atom stereocenters. The van der Waals surface area contributed by atoms with E-state index in [0.717, 1.165) is 30.9 Å². The van der Waals surface area contributed by atoms with Crippen LogP contribution in [0.4, 0.5) is 5.95 Å². The van der Waals surface area contributed by atoms with E-state index in [0.29, 0.717) is 5.69 Å². The van der Waals surface area contributed by atoms with Crippen LogP contribution in [0.5, 0.6) is 0 Å². The van der Waals surface area contributed by atoms with Crippen LogP contribution in [0.3, 0.4) is 0 Å². The Morgan fingerprint density at radius 3 is 2.75 bits per heavy atom. The van der Waals surface area contributed by atoms with E-state index in [1.807, 2.05) is 0 Å². The van der Waals surface area contributed by atoms with Gasteiger partial charge in [0, 0.05) is 19.3 Å². The van der Waals surface area contributed by atoms with Gasteiger partial charge in [-0.15, -0.1) is 0 Å². The number of hydrogen-bond acceptors (Lipinski definition) is 4. The van der Waals surface area contributed by atoms with Crippen LogP contribution in [-0.2, 0) is 6.61 Å². The minimum atomic E-state index is -0.00375. The molecule has 2 atom stereocenters. The highest BCUT2D eigenvalue weighted by molar-refractivity contribution is 5.33. The van der Waals surface area contributed by atoms with E-state index in [4.69, 9.17) is 5.11 Å². The van der Waals surface area contributed by atoms with Gasteiger partial charge in [-0.3, -0.25) is 0 Å². The van der Waals surface area contributed by atoms with Crippen molar-refractivity contribution in [1.82, 2.24) is 9.97 Å². The first-order chi connectivity index (χ1) is 7.86. The average molecular weight is 219 g/mol. The molecule has 2 aliphatic rings. The number of anilines is 1. The normalized spacial score (nSPS) is 28.4. The Hall–Kier alpha value is -1.16. The molecule has 0 amide bonds. The summed E-state index contributed by atoms with van der Waals surface area (Å²) in [5.41, 5.74) is 0.710. The lowest BCUT2D eigenvalue weighted by atomic mass is 10.0. The average Bonchev–Trinajstić information content (AvgIpc) is 2.89. The molecule has 0 spiro atoms. The van der Waals surface area contributed by atoms with Crippen LogP contribution in [0.1, 0.15) is 25.0 Å². The molecule has 86 valence electrons. The Labute approximate surface area is 95.3 Å². The number of nitrogens with zero attached hydrogens (tertiary/aromatic N) is 3. The predicted octanol–water partition coefficient (Wildman–Crippen LogP) is 1.21. The molecule has 4 heteroatoms. The van der Waals surface area contributed by atoms with E-state index < -0.39 is 0 Å². The number of aliphatic hydroxyl groups is 1. The molecule has 16 heavy (non-hydrogen) atoms. The maximum absolute atomic E-state index is 9.06. The van der Waals surface area contributed by atoms with E-state index >= 15 is 0 Å². The zero-order valence-electron chi connectivity index (χ0n) is 9.34. The molecule has 1 N–H and O–H groups in total. The maximum atomic E-state index is 9.06. The summed E-state index contributed by atoms with van der Waals surface area (Å²) in [5, 5.41) is 9.06. The number of aliphatic hydroxyl groups excluding tert-OH is 1. The van der Waals surface area contributed by atoms with Gasteiger partial charge in [0.2, 0.25) is 5.95 Å². The van der Waals surface area contributed by atoms with Crippen molar-refractivity contribution in [3.63, 3.8) is 0 Å². The van der Waals surface area contributed by atoms with Crippen LogP contribution in [0, 0.1) is 11.8 Å². The molecule has 2 heterocycles. The van der Waals surface area contributed by atoms with E-state index in [-0.39, 0.29) is 6.61 Å². The second kappa shape index (κ2) is 4.01. The van der Waals surface area contributed by atoms with E-state index in [2.05, 4.69) is 14.9 Å². The summed E-state index contributed by atoms with van der Waals surface area (Å²) >= 11 is 0. The van der Waals surface area contributed by atoms with Crippen molar-refractivity contribution < 1.29 is 5.11 Å². The van der Waals surface area contributed by atoms with Crippen LogP contribution < -0.4 is 4.90 Å². The first-order valence-electron chi connectivity index (χ1n) is 6.04. The Bertz CT molecular complexity index is 370. The fourth-order valence-corrected chi connectivity index (χ4v) is 3.02. The molecule has 3 rings (SSSR count). The maximum Gasteiger partial charge on any atom is 0.225 e. The summed E-state index contributed by atoms with van der Waals surface area (Å²) in [7, 11) is 0. The summed E-state index contributed by atoms with van der Waals surface area (Å²) < 4.78 is 0. The summed E-state index contributed by atoms with van der Waals surface area (Å²) in [5.74, 6) is 2.49. The first-order valence-corrected chi connectivity index (χ1v) is 6.04. The Morgan fingerprint density at radius 2 is 2.06 bits per heavy atom. The molecule has 1 aromatic rings. The molecule has 4 nitrogen and oxygen atoms in total. The van der Waals surface area contributed by atoms with Crippen LogP contribution in [0.2, 0.25) is 0 Å². The van der Waals surface area contributed by atoms with Crippen LogP contribution >= 0.6 is 0 Å². The van der Waals surface area contributed by atoms with Crippen LogP contribution in [-0.4, -0.2) is 28.2 Å². The molecular weight excluding hydrogens is 202 g/mol. The lowest BCUT2D eigenvalue weighted by Crippen LogP contribution is -2.23. The van der Waals surface area contributed by atoms with Gasteiger partial charge in [0.25, 0.3) is 0 Å². The second-order valence-electron chi connectivity index (χ2n) is 4.86. The minimum Gasteiger partial charge on any atom is -0.390 e. The number of aromatic nitrogens is 2. The molecule has 1 saturated heterocycles. The van der Waals surface area contributed by atoms with Gasteiger partial charge in [-0.25, -0.2) is 9.97 Å². The lowest BCUT2D eigenvalue weighted by Gasteiger charge is -2.17. The van der Waals surface area contributed by atoms with Gasteiger partial charge in [0.1, 0.15) is 0 Å². The van der Waals surface area contributed by atoms with Crippen molar-refractivity contribution in [2.24, 2.45) is 11.8 Å². The highest BCUT2D eigenvalue weighted by Gasteiger charge is 2.36. The van der Waals surface area contributed by atoms with E-state index in [1.165, 1.54) is 19.3 Å². The van der Waals surface area contributed by atoms with E-state index in [9.17, 15) is 0 Å². The number of rotatable bonds is 2. The van der Waals surface area contributed by atoms with Gasteiger partial charge in [-0.05, 0) is 30.7 Å². The minimum absolute atomic E-state index is 0.00375. The fraction of sp³-hybridized carbons (Fsp3) is 0.667. The molecular formula is C12H17N3O. The quantitative estimate of drug-likeness (QED) is 0.812. The van der Waals surface area contributed by atoms with Gasteiger partial charge in [-0.1, -0.05) is 6.42 Å². The first kappa shape index (κ1) is 10.0. The van der Waals surface area contributed by atoms with E-state index in [1.54, 1.807) is 12.3 Å². The lowest BCUT2D eigenvalue weighted by molar-refractivity contribution is 0.276. The standard InChI is InChI=1S/C12H17N3O/c16-8-11-4-5-13-12(14-11)15-6-9-2-1-3-10(9)7-15/h4-5,9-10,16H,1-3,6-8H2. The third-order valence-corrected chi connectivity index (χ3v) is 3.87. The molecule has 1 saturated carbocycles. The highest BCUT2D eigenvalue weighted by atomic mass is 16.3. The summed E-state index contributed by atoms with van der Waals surface area (Å²) in [6, 6.07) is 1.76.